The molecule has 0 bridgehead atoms. The van der Waals surface area contributed by atoms with Crippen molar-refractivity contribution in [3.63, 3.8) is 0 Å². The number of allylic oxidation sites excluding steroid dienone is 1. The molecule has 12 heteroatoms. The van der Waals surface area contributed by atoms with Crippen LogP contribution in [0.4, 0.5) is 10.3 Å². The van der Waals surface area contributed by atoms with E-state index in [0.29, 0.717) is 22.5 Å². The van der Waals surface area contributed by atoms with E-state index in [2.05, 4.69) is 30.7 Å². The maximum Gasteiger partial charge on any atom is 0.308 e. The molecule has 276 valence electrons. The Hall–Kier alpha value is -4.52. The molecular formula is C40H48FN3O6SSi. The molecule has 0 amide bonds. The number of halogens is 1. The molecule has 52 heavy (non-hydrogen) atoms. The van der Waals surface area contributed by atoms with Crippen LogP contribution in [0, 0.1) is 5.82 Å². The number of ether oxygens (including phenoxy) is 1. The molecule has 9 nitrogen and oxygen atoms in total. The van der Waals surface area contributed by atoms with E-state index in [0.717, 1.165) is 20.9 Å². The molecule has 0 saturated carbocycles. The number of hydrogen-bond acceptors (Lipinski definition) is 8. The van der Waals surface area contributed by atoms with Gasteiger partial charge in [0.25, 0.3) is 8.32 Å². The number of aromatic nitrogens is 2. The number of carbonyl (C=O) groups excluding carboxylic acids is 2. The second-order valence-corrected chi connectivity index (χ2v) is 20.2. The van der Waals surface area contributed by atoms with E-state index in [1.807, 2.05) is 74.5 Å². The summed E-state index contributed by atoms with van der Waals surface area (Å²) < 4.78 is 52.4. The van der Waals surface area contributed by atoms with Gasteiger partial charge in [0.15, 0.2) is 5.78 Å². The third-order valence-corrected chi connectivity index (χ3v) is 15.0. The summed E-state index contributed by atoms with van der Waals surface area (Å²) in [4.78, 5) is 36.2. The number of esters is 1. The zero-order chi connectivity index (χ0) is 38.3. The molecule has 0 aliphatic rings. The average molecular weight is 746 g/mol. The van der Waals surface area contributed by atoms with Crippen molar-refractivity contribution in [2.75, 3.05) is 24.2 Å². The third-order valence-electron chi connectivity index (χ3n) is 8.73. The highest BCUT2D eigenvalue weighted by molar-refractivity contribution is 7.92. The van der Waals surface area contributed by atoms with Gasteiger partial charge in [0.1, 0.15) is 5.82 Å². The van der Waals surface area contributed by atoms with Gasteiger partial charge in [-0.2, -0.15) is 0 Å². The lowest BCUT2D eigenvalue weighted by molar-refractivity contribution is -0.145. The SMILES string of the molecule is CCOC(=O)C[C@@H](CC(=O)C=Cc1c(-c2ccc(F)cc2)nc(N(C)S(C)(=O)=O)nc1C(C)C)O[Si](c1ccccc1)(c1ccccc1)C(C)(C)C. The van der Waals surface area contributed by atoms with Crippen molar-refractivity contribution in [3.8, 4) is 11.3 Å². The number of carbonyl (C=O) groups is 2. The first-order valence-electron chi connectivity index (χ1n) is 17.2. The lowest BCUT2D eigenvalue weighted by Crippen LogP contribution is -2.67. The van der Waals surface area contributed by atoms with Crippen molar-refractivity contribution in [1.82, 2.24) is 9.97 Å². The molecule has 0 aliphatic heterocycles. The fourth-order valence-corrected chi connectivity index (χ4v) is 11.2. The Bertz CT molecular complexity index is 1940. The van der Waals surface area contributed by atoms with Crippen LogP contribution in [0.15, 0.2) is 91.0 Å². The van der Waals surface area contributed by atoms with Crippen LogP contribution in [0.2, 0.25) is 5.04 Å². The van der Waals surface area contributed by atoms with Gasteiger partial charge in [-0.25, -0.2) is 27.1 Å². The highest BCUT2D eigenvalue weighted by Gasteiger charge is 2.51. The van der Waals surface area contributed by atoms with Crippen molar-refractivity contribution in [3.05, 3.63) is 108 Å². The number of benzene rings is 3. The lowest BCUT2D eigenvalue weighted by atomic mass is 9.97. The van der Waals surface area contributed by atoms with Gasteiger partial charge in [-0.05, 0) is 64.7 Å². The lowest BCUT2D eigenvalue weighted by Gasteiger charge is -2.45. The van der Waals surface area contributed by atoms with E-state index < -0.39 is 41.3 Å². The molecule has 4 rings (SSSR count). The summed E-state index contributed by atoms with van der Waals surface area (Å²) in [6.45, 7) is 12.1. The number of anilines is 1. The molecule has 1 heterocycles. The standard InChI is InChI=1S/C40H48FN3O6SSi/c1-9-49-36(46)27-32(50-52(40(4,5)6,33-16-12-10-13-17-33)34-18-14-11-15-19-34)26-31(45)24-25-35-37(28(2)3)42-39(44(7)51(8,47)48)43-38(35)29-20-22-30(41)23-21-29/h10-25,28,32H,9,26-27H2,1-8H3/t32-/m1/s1. The van der Waals surface area contributed by atoms with Gasteiger partial charge in [-0.15, -0.1) is 0 Å². The van der Waals surface area contributed by atoms with Gasteiger partial charge in [0, 0.05) is 24.6 Å². The first-order valence-corrected chi connectivity index (χ1v) is 21.0. The fourth-order valence-electron chi connectivity index (χ4n) is 6.17. The molecule has 1 atom stereocenters. The van der Waals surface area contributed by atoms with Crippen molar-refractivity contribution < 1.29 is 31.6 Å². The Balaban J connectivity index is 1.82. The number of ketones is 1. The number of rotatable bonds is 15. The maximum atomic E-state index is 14.0. The molecule has 0 radical (unpaired) electrons. The first kappa shape index (κ1) is 40.3. The number of sulfonamides is 1. The van der Waals surface area contributed by atoms with E-state index >= 15 is 0 Å². The minimum absolute atomic E-state index is 0.0535. The van der Waals surface area contributed by atoms with Crippen LogP contribution in [0.25, 0.3) is 17.3 Å². The van der Waals surface area contributed by atoms with Gasteiger partial charge >= 0.3 is 5.97 Å². The molecule has 0 fully saturated rings. The van der Waals surface area contributed by atoms with E-state index in [1.165, 1.54) is 37.4 Å². The van der Waals surface area contributed by atoms with E-state index in [9.17, 15) is 22.4 Å². The number of nitrogens with zero attached hydrogens (tertiary/aromatic N) is 3. The van der Waals surface area contributed by atoms with Gasteiger partial charge in [0.2, 0.25) is 16.0 Å². The minimum atomic E-state index is -3.71. The van der Waals surface area contributed by atoms with Crippen molar-refractivity contribution in [1.29, 1.82) is 0 Å². The molecular weight excluding hydrogens is 698 g/mol. The van der Waals surface area contributed by atoms with Gasteiger partial charge in [-0.1, -0.05) is 95.3 Å². The van der Waals surface area contributed by atoms with Crippen molar-refractivity contribution in [2.45, 2.75) is 71.4 Å². The molecule has 0 unspecified atom stereocenters. The molecule has 0 N–H and O–H groups in total. The quantitative estimate of drug-likeness (QED) is 0.0753. The molecule has 0 aliphatic carbocycles. The first-order chi connectivity index (χ1) is 24.5. The Labute approximate surface area is 308 Å². The summed E-state index contributed by atoms with van der Waals surface area (Å²) >= 11 is 0. The Morgan fingerprint density at radius 1 is 0.904 bits per heavy atom. The minimum Gasteiger partial charge on any atom is -0.466 e. The van der Waals surface area contributed by atoms with E-state index in [4.69, 9.17) is 9.16 Å². The van der Waals surface area contributed by atoms with Gasteiger partial charge in [0.05, 0.1) is 36.8 Å². The molecule has 0 saturated heterocycles. The predicted octanol–water partition coefficient (Wildman–Crippen LogP) is 6.67. The number of hydrogen-bond donors (Lipinski definition) is 0. The van der Waals surface area contributed by atoms with Crippen LogP contribution >= 0.6 is 0 Å². The van der Waals surface area contributed by atoms with Crippen molar-refractivity contribution in [2.24, 2.45) is 0 Å². The maximum absolute atomic E-state index is 14.0. The highest BCUT2D eigenvalue weighted by atomic mass is 32.2. The fraction of sp³-hybridized carbons (Fsp3) is 0.350. The van der Waals surface area contributed by atoms with Gasteiger partial charge in [-0.3, -0.25) is 9.59 Å². The summed E-state index contributed by atoms with van der Waals surface area (Å²) in [6.07, 6.45) is 2.97. The second-order valence-electron chi connectivity index (χ2n) is 14.0. The summed E-state index contributed by atoms with van der Waals surface area (Å²) in [7, 11) is -5.51. The Morgan fingerprint density at radius 2 is 1.46 bits per heavy atom. The zero-order valence-electron chi connectivity index (χ0n) is 31.1. The molecule has 3 aromatic carbocycles. The van der Waals surface area contributed by atoms with E-state index in [1.54, 1.807) is 13.0 Å². The van der Waals surface area contributed by atoms with E-state index in [-0.39, 0.29) is 37.1 Å². The molecule has 1 aromatic heterocycles. The summed E-state index contributed by atoms with van der Waals surface area (Å²) in [6, 6.07) is 25.6. The smallest absolute Gasteiger partial charge is 0.308 e. The summed E-state index contributed by atoms with van der Waals surface area (Å²) in [5, 5.41) is 1.61. The van der Waals surface area contributed by atoms with Crippen LogP contribution in [0.1, 0.15) is 71.6 Å². The summed E-state index contributed by atoms with van der Waals surface area (Å²) in [5.41, 5.74) is 1.82. The summed E-state index contributed by atoms with van der Waals surface area (Å²) in [5.74, 6) is -1.50. The normalized spacial score (nSPS) is 13.0. The second kappa shape index (κ2) is 16.9. The monoisotopic (exact) mass is 745 g/mol. The van der Waals surface area contributed by atoms with Crippen LogP contribution in [-0.4, -0.2) is 64.5 Å². The molecule has 4 aromatic rings. The largest absolute Gasteiger partial charge is 0.466 e. The average Bonchev–Trinajstić information content (AvgIpc) is 3.09. The van der Waals surface area contributed by atoms with Crippen molar-refractivity contribution >= 4 is 52.5 Å². The van der Waals surface area contributed by atoms with Crippen LogP contribution in [0.5, 0.6) is 0 Å². The van der Waals surface area contributed by atoms with Gasteiger partial charge < -0.3 is 9.16 Å². The topological polar surface area (TPSA) is 116 Å². The third kappa shape index (κ3) is 9.47. The zero-order valence-corrected chi connectivity index (χ0v) is 32.9. The van der Waals surface area contributed by atoms with Crippen LogP contribution < -0.4 is 14.7 Å². The highest BCUT2D eigenvalue weighted by Crippen LogP contribution is 2.38. The van der Waals surface area contributed by atoms with Crippen LogP contribution in [-0.2, 0) is 28.8 Å². The molecule has 0 spiro atoms. The van der Waals surface area contributed by atoms with Crippen LogP contribution in [0.3, 0.4) is 0 Å². The predicted molar refractivity (Wildman–Crippen MR) is 207 cm³/mol. The Kier molecular flexibility index (Phi) is 13.1. The Morgan fingerprint density at radius 3 is 1.94 bits per heavy atom.